The molecule has 296 valence electrons. The number of esters is 2. The van der Waals surface area contributed by atoms with Crippen molar-refractivity contribution in [2.24, 2.45) is 0 Å². The zero-order chi connectivity index (χ0) is 42.0. The summed E-state index contributed by atoms with van der Waals surface area (Å²) in [6.45, 7) is -0.387. The van der Waals surface area contributed by atoms with Crippen molar-refractivity contribution in [3.63, 3.8) is 0 Å². The molecule has 0 amide bonds. The van der Waals surface area contributed by atoms with Crippen LogP contribution in [0.25, 0.3) is 32.6 Å². The number of carbonyl (C=O) groups is 5. The summed E-state index contributed by atoms with van der Waals surface area (Å²) in [6, 6.07) is 20.1. The molecule has 2 aromatic heterocycles. The maximum atomic E-state index is 14.2. The molecular weight excluding hydrogens is 825 g/mol. The number of thiazole rings is 2. The zero-order valence-electron chi connectivity index (χ0n) is 30.3. The molecule has 2 aliphatic carbocycles. The number of carbonyl (C=O) groups excluding carboxylic acids is 5. The van der Waals surface area contributed by atoms with Crippen LogP contribution in [0.2, 0.25) is 0 Å². The molecule has 2 aliphatic rings. The molecule has 16 heteroatoms. The van der Waals surface area contributed by atoms with Gasteiger partial charge in [-0.1, -0.05) is 60.7 Å². The van der Waals surface area contributed by atoms with Crippen LogP contribution in [0, 0.1) is 23.3 Å². The Morgan fingerprint density at radius 3 is 1.53 bits per heavy atom. The van der Waals surface area contributed by atoms with Crippen LogP contribution in [0.15, 0.2) is 96.1 Å². The van der Waals surface area contributed by atoms with E-state index >= 15 is 0 Å². The van der Waals surface area contributed by atoms with Crippen LogP contribution in [0.5, 0.6) is 0 Å². The largest absolute Gasteiger partial charge is 0.457 e. The number of nitrogens with zero attached hydrogens (tertiary/aromatic N) is 2. The minimum absolute atomic E-state index is 0.00487. The molecule has 7 aromatic rings. The number of rotatable bonds is 8. The fraction of sp³-hybridized carbons (Fsp3) is 0.0682. The summed E-state index contributed by atoms with van der Waals surface area (Å²) in [5.41, 5.74) is -1.22. The van der Waals surface area contributed by atoms with Crippen molar-refractivity contribution < 1.29 is 56.1 Å². The summed E-state index contributed by atoms with van der Waals surface area (Å²) in [4.78, 5) is 77.6. The third-order valence-corrected chi connectivity index (χ3v) is 11.9. The maximum absolute atomic E-state index is 14.2. The Morgan fingerprint density at radius 1 is 0.617 bits per heavy atom. The first kappa shape index (κ1) is 38.5. The molecule has 0 bridgehead atoms. The van der Waals surface area contributed by atoms with Crippen LogP contribution < -0.4 is 0 Å². The van der Waals surface area contributed by atoms with E-state index in [-0.39, 0.29) is 82.6 Å². The Morgan fingerprint density at radius 2 is 1.05 bits per heavy atom. The number of halogens is 4. The third-order valence-electron chi connectivity index (χ3n) is 9.82. The molecule has 2 heterocycles. The van der Waals surface area contributed by atoms with Crippen molar-refractivity contribution in [2.45, 2.75) is 19.3 Å². The van der Waals surface area contributed by atoms with Crippen molar-refractivity contribution in [1.82, 2.24) is 9.97 Å². The van der Waals surface area contributed by atoms with Gasteiger partial charge in [0.15, 0.2) is 40.6 Å². The van der Waals surface area contributed by atoms with Gasteiger partial charge in [0.05, 0.1) is 26.0 Å². The van der Waals surface area contributed by atoms with Crippen LogP contribution in [0.1, 0.15) is 84.6 Å². The topological polar surface area (TPSA) is 150 Å². The molecule has 5 aromatic carbocycles. The molecular formula is C44H22F4N2O8S2. The van der Waals surface area contributed by atoms with E-state index in [0.717, 1.165) is 34.8 Å². The monoisotopic (exact) mass is 846 g/mol. The number of aliphatic hydroxyl groups is 1. The molecule has 0 saturated heterocycles. The highest BCUT2D eigenvalue weighted by atomic mass is 32.1. The molecule has 60 heavy (non-hydrogen) atoms. The predicted molar refractivity (Wildman–Crippen MR) is 211 cm³/mol. The summed E-state index contributed by atoms with van der Waals surface area (Å²) in [7, 11) is 0. The Kier molecular flexibility index (Phi) is 9.61. The van der Waals surface area contributed by atoms with Crippen LogP contribution >= 0.6 is 22.7 Å². The maximum Gasteiger partial charge on any atom is 0.342 e. The molecule has 0 aliphatic heterocycles. The zero-order valence-corrected chi connectivity index (χ0v) is 31.9. The van der Waals surface area contributed by atoms with Crippen LogP contribution in [-0.4, -0.2) is 44.4 Å². The summed E-state index contributed by atoms with van der Waals surface area (Å²) in [5, 5.41) is 11.0. The number of aliphatic hydroxyl groups excluding tert-OH is 1. The first-order chi connectivity index (χ1) is 28.9. The van der Waals surface area contributed by atoms with Gasteiger partial charge in [-0.25, -0.2) is 37.1 Å². The molecule has 0 radical (unpaired) electrons. The summed E-state index contributed by atoms with van der Waals surface area (Å²) in [5.74, 6) is -9.64. The number of fused-ring (bicyclic) bond motifs is 4. The lowest BCUT2D eigenvalue weighted by molar-refractivity contribution is 0.0465. The SMILES string of the molecule is O=C1C(=Cc2nc3c(C(=O)OCc4ccccc4)c4sc(/C=C5/C(=O)c6cc(F)c(F)cc6C5O)nc4c(C(=O)OCc4ccccc4)c3s2)C(=O)c2cc(F)c(F)cc21. The van der Waals surface area contributed by atoms with E-state index in [1.165, 1.54) is 6.08 Å². The van der Waals surface area contributed by atoms with Crippen LogP contribution in [0.4, 0.5) is 17.6 Å². The fourth-order valence-electron chi connectivity index (χ4n) is 6.94. The van der Waals surface area contributed by atoms with Crippen LogP contribution in [0.3, 0.4) is 0 Å². The minimum atomic E-state index is -1.67. The van der Waals surface area contributed by atoms with Crippen molar-refractivity contribution in [3.05, 3.63) is 174 Å². The Labute approximate surface area is 342 Å². The van der Waals surface area contributed by atoms with Gasteiger partial charge in [0.1, 0.15) is 40.5 Å². The highest BCUT2D eigenvalue weighted by Crippen LogP contribution is 2.43. The lowest BCUT2D eigenvalue weighted by atomic mass is 10.1. The molecule has 0 saturated carbocycles. The summed E-state index contributed by atoms with van der Waals surface area (Å²) in [6.07, 6.45) is 0.613. The highest BCUT2D eigenvalue weighted by molar-refractivity contribution is 7.21. The normalized spacial score (nSPS) is 15.3. The minimum Gasteiger partial charge on any atom is -0.457 e. The predicted octanol–water partition coefficient (Wildman–Crippen LogP) is 8.95. The molecule has 1 unspecified atom stereocenters. The van der Waals surface area contributed by atoms with Gasteiger partial charge in [0.25, 0.3) is 0 Å². The second kappa shape index (κ2) is 15.0. The second-order valence-electron chi connectivity index (χ2n) is 13.5. The van der Waals surface area contributed by atoms with Crippen molar-refractivity contribution in [3.8, 4) is 0 Å². The Hall–Kier alpha value is -7.01. The highest BCUT2D eigenvalue weighted by Gasteiger charge is 2.37. The van der Waals surface area contributed by atoms with Crippen molar-refractivity contribution in [2.75, 3.05) is 0 Å². The molecule has 1 N–H and O–H groups in total. The summed E-state index contributed by atoms with van der Waals surface area (Å²) >= 11 is 1.59. The van der Waals surface area contributed by atoms with Gasteiger partial charge < -0.3 is 14.6 Å². The van der Waals surface area contributed by atoms with E-state index in [1.807, 2.05) is 0 Å². The average molecular weight is 847 g/mol. The number of ketones is 3. The van der Waals surface area contributed by atoms with E-state index < -0.39 is 64.2 Å². The number of Topliss-reactive ketones (excluding diaryl/α,β-unsaturated/α-hetero) is 3. The van der Waals surface area contributed by atoms with E-state index in [4.69, 9.17) is 9.47 Å². The quantitative estimate of drug-likeness (QED) is 0.0680. The number of ether oxygens (including phenoxy) is 2. The van der Waals surface area contributed by atoms with Crippen molar-refractivity contribution >= 4 is 84.5 Å². The molecule has 10 nitrogen and oxygen atoms in total. The molecule has 0 spiro atoms. The lowest BCUT2D eigenvalue weighted by Gasteiger charge is -2.10. The number of benzene rings is 5. The number of aromatic nitrogens is 2. The van der Waals surface area contributed by atoms with Gasteiger partial charge in [-0.05, 0) is 53.1 Å². The van der Waals surface area contributed by atoms with Crippen molar-refractivity contribution in [1.29, 1.82) is 0 Å². The van der Waals surface area contributed by atoms with Gasteiger partial charge >= 0.3 is 11.9 Å². The first-order valence-electron chi connectivity index (χ1n) is 17.8. The standard InChI is InChI=1S/C44H22F4N2O8S2/c45-27-11-21-22(12-28(27)46)38(52)25(37(21)51)15-31-49-35-33(43(55)57-17-19-7-3-1-4-8-19)41-36(34(42(35)60-31)44(56)58-18-20-9-5-2-6-10-20)50-32(59-41)16-26-39(53)23-13-29(47)30(48)14-24(23)40(26)54/h1-16,37,51H,17-18H2/b25-15+. The van der Waals surface area contributed by atoms with Crippen LogP contribution in [-0.2, 0) is 22.7 Å². The second-order valence-corrected chi connectivity index (χ2v) is 15.6. The number of hydrogen-bond donors (Lipinski definition) is 1. The number of hydrogen-bond acceptors (Lipinski definition) is 12. The molecule has 9 rings (SSSR count). The van der Waals surface area contributed by atoms with Gasteiger partial charge in [0, 0.05) is 22.3 Å². The first-order valence-corrected chi connectivity index (χ1v) is 19.4. The van der Waals surface area contributed by atoms with Gasteiger partial charge in [0.2, 0.25) is 0 Å². The number of allylic oxidation sites excluding steroid dienone is 1. The average Bonchev–Trinajstić information content (AvgIpc) is 3.96. The molecule has 0 fully saturated rings. The Bertz CT molecular complexity index is 2950. The van der Waals surface area contributed by atoms with Gasteiger partial charge in [-0.15, -0.1) is 22.7 Å². The van der Waals surface area contributed by atoms with E-state index in [1.54, 1.807) is 60.7 Å². The van der Waals surface area contributed by atoms with E-state index in [0.29, 0.717) is 29.3 Å². The lowest BCUT2D eigenvalue weighted by Crippen LogP contribution is -2.10. The Balaban J connectivity index is 1.23. The molecule has 1 atom stereocenters. The third kappa shape index (κ3) is 6.60. The smallest absolute Gasteiger partial charge is 0.342 e. The van der Waals surface area contributed by atoms with Gasteiger partial charge in [-0.2, -0.15) is 0 Å². The summed E-state index contributed by atoms with van der Waals surface area (Å²) < 4.78 is 68.0. The van der Waals surface area contributed by atoms with E-state index in [2.05, 4.69) is 9.97 Å². The fourth-order valence-corrected chi connectivity index (χ4v) is 9.05. The van der Waals surface area contributed by atoms with E-state index in [9.17, 15) is 46.6 Å². The van der Waals surface area contributed by atoms with Gasteiger partial charge in [-0.3, -0.25) is 14.4 Å².